The second kappa shape index (κ2) is 7.84. The third kappa shape index (κ3) is 3.68. The highest BCUT2D eigenvalue weighted by Crippen LogP contribution is 2.40. The number of anilines is 1. The highest BCUT2D eigenvalue weighted by molar-refractivity contribution is 7.19. The van der Waals surface area contributed by atoms with E-state index in [-0.39, 0.29) is 0 Å². The second-order valence-electron chi connectivity index (χ2n) is 5.22. The zero-order valence-electron chi connectivity index (χ0n) is 13.9. The molecule has 1 aromatic heterocycles. The van der Waals surface area contributed by atoms with Crippen LogP contribution in [0.1, 0.15) is 13.8 Å². The van der Waals surface area contributed by atoms with Crippen LogP contribution in [0.25, 0.3) is 11.3 Å². The number of thiazole rings is 1. The molecule has 0 saturated carbocycles. The van der Waals surface area contributed by atoms with E-state index in [1.54, 1.807) is 11.3 Å². The summed E-state index contributed by atoms with van der Waals surface area (Å²) < 4.78 is 0. The molecule has 0 bridgehead atoms. The highest BCUT2D eigenvalue weighted by Gasteiger charge is 2.16. The zero-order chi connectivity index (χ0) is 16.8. The highest BCUT2D eigenvalue weighted by atomic mass is 32.1. The van der Waals surface area contributed by atoms with Crippen molar-refractivity contribution in [1.29, 1.82) is 0 Å². The van der Waals surface area contributed by atoms with Gasteiger partial charge in [0.05, 0.1) is 5.69 Å². The molecule has 0 fully saturated rings. The molecule has 0 aliphatic heterocycles. The van der Waals surface area contributed by atoms with Crippen molar-refractivity contribution in [2.24, 2.45) is 10.2 Å². The summed E-state index contributed by atoms with van der Waals surface area (Å²) in [6.45, 7) is 6.12. The first-order chi connectivity index (χ1) is 11.8. The van der Waals surface area contributed by atoms with E-state index in [9.17, 15) is 0 Å². The van der Waals surface area contributed by atoms with Crippen molar-refractivity contribution >= 4 is 27.2 Å². The third-order valence-electron chi connectivity index (χ3n) is 3.69. The minimum atomic E-state index is 0.840. The molecule has 3 rings (SSSR count). The van der Waals surface area contributed by atoms with Gasteiger partial charge in [0, 0.05) is 18.7 Å². The number of rotatable bonds is 6. The average Bonchev–Trinajstić information content (AvgIpc) is 3.07. The van der Waals surface area contributed by atoms with Gasteiger partial charge in [0.2, 0.25) is 0 Å². The topological polar surface area (TPSA) is 40.9 Å². The van der Waals surface area contributed by atoms with Crippen molar-refractivity contribution in [3.8, 4) is 11.3 Å². The molecular formula is C19H20N4S. The average molecular weight is 336 g/mol. The van der Waals surface area contributed by atoms with E-state index in [4.69, 9.17) is 4.98 Å². The zero-order valence-corrected chi connectivity index (χ0v) is 14.7. The van der Waals surface area contributed by atoms with Crippen molar-refractivity contribution < 1.29 is 0 Å². The first-order valence-electron chi connectivity index (χ1n) is 8.09. The van der Waals surface area contributed by atoms with Crippen LogP contribution in [0.3, 0.4) is 0 Å². The van der Waals surface area contributed by atoms with Gasteiger partial charge in [-0.2, -0.15) is 0 Å². The van der Waals surface area contributed by atoms with Gasteiger partial charge >= 0.3 is 0 Å². The fourth-order valence-corrected chi connectivity index (χ4v) is 3.42. The van der Waals surface area contributed by atoms with Gasteiger partial charge in [0.15, 0.2) is 10.1 Å². The molecule has 5 heteroatoms. The normalized spacial score (nSPS) is 11.1. The SMILES string of the molecule is CCN(CC)c1nc(-c2ccccc2)c(N=Nc2ccccc2)s1. The minimum Gasteiger partial charge on any atom is -0.349 e. The van der Waals surface area contributed by atoms with Crippen LogP contribution in [0, 0.1) is 0 Å². The number of hydrogen-bond donors (Lipinski definition) is 0. The largest absolute Gasteiger partial charge is 0.349 e. The first kappa shape index (κ1) is 16.3. The molecule has 0 unspecified atom stereocenters. The summed E-state index contributed by atoms with van der Waals surface area (Å²) in [5.74, 6) is 0. The molecule has 0 N–H and O–H groups in total. The molecular weight excluding hydrogens is 316 g/mol. The lowest BCUT2D eigenvalue weighted by atomic mass is 10.2. The molecule has 0 amide bonds. The number of benzene rings is 2. The predicted molar refractivity (Wildman–Crippen MR) is 102 cm³/mol. The maximum absolute atomic E-state index is 4.83. The summed E-state index contributed by atoms with van der Waals surface area (Å²) in [6.07, 6.45) is 0. The molecule has 24 heavy (non-hydrogen) atoms. The van der Waals surface area contributed by atoms with Crippen molar-refractivity contribution in [1.82, 2.24) is 4.98 Å². The van der Waals surface area contributed by atoms with Gasteiger partial charge in [0.25, 0.3) is 0 Å². The van der Waals surface area contributed by atoms with E-state index in [1.807, 2.05) is 48.5 Å². The van der Waals surface area contributed by atoms with E-state index < -0.39 is 0 Å². The number of hydrogen-bond acceptors (Lipinski definition) is 5. The molecule has 4 nitrogen and oxygen atoms in total. The summed E-state index contributed by atoms with van der Waals surface area (Å²) >= 11 is 1.59. The molecule has 2 aromatic carbocycles. The Morgan fingerprint density at radius 1 is 0.875 bits per heavy atom. The van der Waals surface area contributed by atoms with E-state index in [0.717, 1.165) is 40.2 Å². The quantitative estimate of drug-likeness (QED) is 0.512. The van der Waals surface area contributed by atoms with Crippen LogP contribution < -0.4 is 4.90 Å². The fraction of sp³-hybridized carbons (Fsp3) is 0.211. The van der Waals surface area contributed by atoms with Crippen molar-refractivity contribution in [2.45, 2.75) is 13.8 Å². The lowest BCUT2D eigenvalue weighted by Crippen LogP contribution is -2.21. The van der Waals surface area contributed by atoms with E-state index in [1.165, 1.54) is 0 Å². The third-order valence-corrected chi connectivity index (χ3v) is 4.69. The Hall–Kier alpha value is -2.53. The maximum Gasteiger partial charge on any atom is 0.188 e. The standard InChI is InChI=1S/C19H20N4S/c1-3-23(4-2)19-20-17(15-11-7-5-8-12-15)18(24-19)22-21-16-13-9-6-10-14-16/h5-14H,3-4H2,1-2H3. The molecule has 3 aromatic rings. The van der Waals surface area contributed by atoms with Gasteiger partial charge in [0.1, 0.15) is 5.69 Å². The van der Waals surface area contributed by atoms with Crippen LogP contribution in [0.5, 0.6) is 0 Å². The van der Waals surface area contributed by atoms with Crippen LogP contribution in [-0.2, 0) is 0 Å². The van der Waals surface area contributed by atoms with Crippen LogP contribution >= 0.6 is 11.3 Å². The van der Waals surface area contributed by atoms with Gasteiger partial charge < -0.3 is 4.90 Å². The molecule has 0 spiro atoms. The van der Waals surface area contributed by atoms with Crippen LogP contribution in [0.4, 0.5) is 15.8 Å². The number of azo groups is 1. The fourth-order valence-electron chi connectivity index (χ4n) is 2.38. The lowest BCUT2D eigenvalue weighted by molar-refractivity contribution is 0.860. The summed E-state index contributed by atoms with van der Waals surface area (Å²) in [5, 5.41) is 10.7. The first-order valence-corrected chi connectivity index (χ1v) is 8.91. The Labute approximate surface area is 146 Å². The molecule has 0 saturated heterocycles. The van der Waals surface area contributed by atoms with Crippen molar-refractivity contribution in [2.75, 3.05) is 18.0 Å². The monoisotopic (exact) mass is 336 g/mol. The summed E-state index contributed by atoms with van der Waals surface area (Å²) in [4.78, 5) is 7.06. The molecule has 0 atom stereocenters. The molecule has 0 aliphatic carbocycles. The molecule has 0 radical (unpaired) electrons. The van der Waals surface area contributed by atoms with E-state index in [0.29, 0.717) is 0 Å². The molecule has 1 heterocycles. The van der Waals surface area contributed by atoms with Crippen LogP contribution in [0.15, 0.2) is 70.9 Å². The summed E-state index contributed by atoms with van der Waals surface area (Å²) in [5.41, 5.74) is 2.80. The summed E-state index contributed by atoms with van der Waals surface area (Å²) in [7, 11) is 0. The Kier molecular flexibility index (Phi) is 5.33. The Balaban J connectivity index is 2.01. The van der Waals surface area contributed by atoms with Crippen molar-refractivity contribution in [3.63, 3.8) is 0 Å². The van der Waals surface area contributed by atoms with Gasteiger partial charge in [-0.3, -0.25) is 0 Å². The minimum absolute atomic E-state index is 0.840. The molecule has 122 valence electrons. The number of nitrogens with zero attached hydrogens (tertiary/aromatic N) is 4. The van der Waals surface area contributed by atoms with Crippen LogP contribution in [-0.4, -0.2) is 18.1 Å². The van der Waals surface area contributed by atoms with Crippen molar-refractivity contribution in [3.05, 3.63) is 60.7 Å². The van der Waals surface area contributed by atoms with E-state index >= 15 is 0 Å². The second-order valence-corrected chi connectivity index (χ2v) is 6.18. The maximum atomic E-state index is 4.83. The van der Waals surface area contributed by atoms with Crippen LogP contribution in [0.2, 0.25) is 0 Å². The summed E-state index contributed by atoms with van der Waals surface area (Å²) in [6, 6.07) is 19.9. The Bertz CT molecular complexity index is 793. The predicted octanol–water partition coefficient (Wildman–Crippen LogP) is 6.07. The van der Waals surface area contributed by atoms with Gasteiger partial charge in [-0.25, -0.2) is 4.98 Å². The van der Waals surface area contributed by atoms with Gasteiger partial charge in [-0.15, -0.1) is 10.2 Å². The number of aromatic nitrogens is 1. The van der Waals surface area contributed by atoms with Gasteiger partial charge in [-0.05, 0) is 26.0 Å². The Morgan fingerprint density at radius 2 is 1.50 bits per heavy atom. The molecule has 0 aliphatic rings. The smallest absolute Gasteiger partial charge is 0.188 e. The van der Waals surface area contributed by atoms with Gasteiger partial charge in [-0.1, -0.05) is 59.9 Å². The lowest BCUT2D eigenvalue weighted by Gasteiger charge is -2.16. The van der Waals surface area contributed by atoms with E-state index in [2.05, 4.69) is 41.1 Å². The Morgan fingerprint density at radius 3 is 2.12 bits per heavy atom.